The van der Waals surface area contributed by atoms with Crippen molar-refractivity contribution in [1.29, 1.82) is 0 Å². The number of carboxylic acid groups (broad SMARTS) is 1. The van der Waals surface area contributed by atoms with Gasteiger partial charge in [0.05, 0.1) is 6.61 Å². The number of rotatable bonds is 8. The molecule has 7 heteroatoms. The van der Waals surface area contributed by atoms with Gasteiger partial charge in [0.1, 0.15) is 12.6 Å². The highest BCUT2D eigenvalue weighted by Crippen LogP contribution is 2.21. The molecule has 130 valence electrons. The Morgan fingerprint density at radius 1 is 1.33 bits per heavy atom. The van der Waals surface area contributed by atoms with E-state index in [-0.39, 0.29) is 25.0 Å². The van der Waals surface area contributed by atoms with E-state index in [9.17, 15) is 14.4 Å². The molecule has 1 aromatic rings. The Labute approximate surface area is 140 Å². The van der Waals surface area contributed by atoms with Crippen LogP contribution in [0.2, 0.25) is 0 Å². The molecule has 2 amide bonds. The predicted molar refractivity (Wildman–Crippen MR) is 86.2 cm³/mol. The average molecular weight is 334 g/mol. The first kappa shape index (κ1) is 17.9. The zero-order valence-electron chi connectivity index (χ0n) is 13.7. The zero-order valence-corrected chi connectivity index (χ0v) is 13.7. The molecule has 0 spiro atoms. The van der Waals surface area contributed by atoms with Gasteiger partial charge in [0.15, 0.2) is 0 Å². The van der Waals surface area contributed by atoms with Crippen molar-refractivity contribution in [3.63, 3.8) is 0 Å². The first-order chi connectivity index (χ1) is 11.5. The summed E-state index contributed by atoms with van der Waals surface area (Å²) in [6.07, 6.45) is 0.853. The number of aryl methyl sites for hydroxylation is 1. The highest BCUT2D eigenvalue weighted by Gasteiger charge is 2.35. The molecule has 1 fully saturated rings. The topological polar surface area (TPSA) is 95.9 Å². The summed E-state index contributed by atoms with van der Waals surface area (Å²) in [7, 11) is 0. The molecule has 0 radical (unpaired) electrons. The smallest absolute Gasteiger partial charge is 0.329 e. The number of hydrogen-bond acceptors (Lipinski definition) is 4. The van der Waals surface area contributed by atoms with Gasteiger partial charge in [0.25, 0.3) is 0 Å². The van der Waals surface area contributed by atoms with Crippen molar-refractivity contribution in [2.24, 2.45) is 0 Å². The first-order valence-electron chi connectivity index (χ1n) is 7.89. The fourth-order valence-electron chi connectivity index (χ4n) is 2.62. The van der Waals surface area contributed by atoms with Crippen molar-refractivity contribution in [3.05, 3.63) is 35.4 Å². The monoisotopic (exact) mass is 334 g/mol. The summed E-state index contributed by atoms with van der Waals surface area (Å²) in [4.78, 5) is 36.3. The van der Waals surface area contributed by atoms with Gasteiger partial charge >= 0.3 is 5.97 Å². The molecule has 1 heterocycles. The van der Waals surface area contributed by atoms with Crippen molar-refractivity contribution in [2.75, 3.05) is 19.8 Å². The molecule has 1 unspecified atom stereocenters. The van der Waals surface area contributed by atoms with Gasteiger partial charge in [-0.15, -0.1) is 0 Å². The number of benzene rings is 1. The van der Waals surface area contributed by atoms with E-state index < -0.39 is 18.6 Å². The van der Waals surface area contributed by atoms with Crippen LogP contribution in [0, 0.1) is 6.92 Å². The molecule has 1 saturated heterocycles. The van der Waals surface area contributed by atoms with Crippen LogP contribution in [0.4, 0.5) is 0 Å². The molecule has 1 atom stereocenters. The number of carbonyl (C=O) groups is 3. The molecule has 1 aromatic carbocycles. The van der Waals surface area contributed by atoms with Crippen LogP contribution in [-0.4, -0.2) is 53.6 Å². The van der Waals surface area contributed by atoms with Crippen molar-refractivity contribution in [3.8, 4) is 0 Å². The second kappa shape index (κ2) is 8.44. The Bertz CT molecular complexity index is 600. The molecular weight excluding hydrogens is 312 g/mol. The van der Waals surface area contributed by atoms with E-state index in [4.69, 9.17) is 9.84 Å². The van der Waals surface area contributed by atoms with E-state index in [2.05, 4.69) is 5.32 Å². The Balaban J connectivity index is 1.85. The maximum Gasteiger partial charge on any atom is 0.329 e. The zero-order chi connectivity index (χ0) is 17.5. The molecule has 0 aromatic heterocycles. The molecule has 1 aliphatic rings. The van der Waals surface area contributed by atoms with E-state index in [0.717, 1.165) is 11.1 Å². The molecular formula is C17H22N2O5. The van der Waals surface area contributed by atoms with Crippen LogP contribution in [0.1, 0.15) is 24.0 Å². The molecule has 2 rings (SSSR count). The summed E-state index contributed by atoms with van der Waals surface area (Å²) < 4.78 is 4.87. The van der Waals surface area contributed by atoms with E-state index in [0.29, 0.717) is 19.4 Å². The third-order valence-electron chi connectivity index (χ3n) is 3.88. The molecule has 1 aliphatic heterocycles. The number of likely N-dealkylation sites (tertiary alicyclic amines) is 1. The van der Waals surface area contributed by atoms with E-state index in [1.165, 1.54) is 0 Å². The lowest BCUT2D eigenvalue weighted by Gasteiger charge is -2.24. The molecule has 0 saturated carbocycles. The lowest BCUT2D eigenvalue weighted by molar-refractivity contribution is -0.142. The van der Waals surface area contributed by atoms with E-state index in [1.807, 2.05) is 31.2 Å². The predicted octanol–water partition coefficient (Wildman–Crippen LogP) is 0.703. The van der Waals surface area contributed by atoms with Gasteiger partial charge in [-0.05, 0) is 18.9 Å². The van der Waals surface area contributed by atoms with Gasteiger partial charge < -0.3 is 20.1 Å². The SMILES string of the molecule is Cc1ccc(CN2C(=O)CCC2C(=O)NCCOCC(=O)O)cc1. The number of carboxylic acids is 1. The summed E-state index contributed by atoms with van der Waals surface area (Å²) in [6, 6.07) is 7.37. The van der Waals surface area contributed by atoms with Crippen LogP contribution in [0.15, 0.2) is 24.3 Å². The normalized spacial score (nSPS) is 17.1. The average Bonchev–Trinajstić information content (AvgIpc) is 2.90. The minimum Gasteiger partial charge on any atom is -0.480 e. The van der Waals surface area contributed by atoms with Crippen molar-refractivity contribution >= 4 is 17.8 Å². The second-order valence-electron chi connectivity index (χ2n) is 5.80. The number of amides is 2. The minimum atomic E-state index is -1.05. The molecule has 0 bridgehead atoms. The first-order valence-corrected chi connectivity index (χ1v) is 7.89. The Hall–Kier alpha value is -2.41. The standard InChI is InChI=1S/C17H22N2O5/c1-12-2-4-13(5-3-12)10-19-14(6-7-15(19)20)17(23)18-8-9-24-11-16(21)22/h2-5,14H,6-11H2,1H3,(H,18,23)(H,21,22). The Morgan fingerprint density at radius 2 is 2.04 bits per heavy atom. The fourth-order valence-corrected chi connectivity index (χ4v) is 2.62. The van der Waals surface area contributed by atoms with Gasteiger partial charge in [0.2, 0.25) is 11.8 Å². The summed E-state index contributed by atoms with van der Waals surface area (Å²) >= 11 is 0. The van der Waals surface area contributed by atoms with Gasteiger partial charge in [-0.3, -0.25) is 9.59 Å². The third kappa shape index (κ3) is 5.06. The number of ether oxygens (including phenoxy) is 1. The number of aliphatic carboxylic acids is 1. The third-order valence-corrected chi connectivity index (χ3v) is 3.88. The van der Waals surface area contributed by atoms with Crippen LogP contribution in [0.5, 0.6) is 0 Å². The maximum absolute atomic E-state index is 12.3. The molecule has 7 nitrogen and oxygen atoms in total. The van der Waals surface area contributed by atoms with Crippen LogP contribution in [-0.2, 0) is 25.7 Å². The Kier molecular flexibility index (Phi) is 6.31. The van der Waals surface area contributed by atoms with Gasteiger partial charge in [-0.1, -0.05) is 29.8 Å². The molecule has 24 heavy (non-hydrogen) atoms. The van der Waals surface area contributed by atoms with E-state index >= 15 is 0 Å². The quantitative estimate of drug-likeness (QED) is 0.683. The van der Waals surface area contributed by atoms with Crippen molar-refractivity contribution < 1.29 is 24.2 Å². The summed E-state index contributed by atoms with van der Waals surface area (Å²) in [5.74, 6) is -1.31. The number of carbonyl (C=O) groups excluding carboxylic acids is 2. The van der Waals surface area contributed by atoms with Crippen LogP contribution in [0.25, 0.3) is 0 Å². The van der Waals surface area contributed by atoms with Crippen LogP contribution >= 0.6 is 0 Å². The lowest BCUT2D eigenvalue weighted by Crippen LogP contribution is -2.45. The largest absolute Gasteiger partial charge is 0.480 e. The minimum absolute atomic E-state index is 0.0298. The highest BCUT2D eigenvalue weighted by atomic mass is 16.5. The Morgan fingerprint density at radius 3 is 2.71 bits per heavy atom. The van der Waals surface area contributed by atoms with Crippen LogP contribution < -0.4 is 5.32 Å². The lowest BCUT2D eigenvalue weighted by atomic mass is 10.1. The van der Waals surface area contributed by atoms with Crippen LogP contribution in [0.3, 0.4) is 0 Å². The number of nitrogens with one attached hydrogen (secondary N) is 1. The van der Waals surface area contributed by atoms with Crippen molar-refractivity contribution in [2.45, 2.75) is 32.4 Å². The van der Waals surface area contributed by atoms with Gasteiger partial charge in [-0.2, -0.15) is 0 Å². The highest BCUT2D eigenvalue weighted by molar-refractivity contribution is 5.90. The van der Waals surface area contributed by atoms with Gasteiger partial charge in [0, 0.05) is 19.5 Å². The van der Waals surface area contributed by atoms with Gasteiger partial charge in [-0.25, -0.2) is 4.79 Å². The number of nitrogens with zero attached hydrogens (tertiary/aromatic N) is 1. The molecule has 2 N–H and O–H groups in total. The fraction of sp³-hybridized carbons (Fsp3) is 0.471. The van der Waals surface area contributed by atoms with E-state index in [1.54, 1.807) is 4.90 Å². The van der Waals surface area contributed by atoms with Crippen molar-refractivity contribution in [1.82, 2.24) is 10.2 Å². The second-order valence-corrected chi connectivity index (χ2v) is 5.80. The summed E-state index contributed by atoms with van der Waals surface area (Å²) in [5.41, 5.74) is 2.13. The number of hydrogen-bond donors (Lipinski definition) is 2. The molecule has 0 aliphatic carbocycles. The maximum atomic E-state index is 12.3. The summed E-state index contributed by atoms with van der Waals surface area (Å²) in [5, 5.41) is 11.2. The summed E-state index contributed by atoms with van der Waals surface area (Å²) in [6.45, 7) is 2.35.